The Morgan fingerprint density at radius 3 is 2.42 bits per heavy atom. The number of benzene rings is 3. The van der Waals surface area contributed by atoms with Crippen molar-refractivity contribution in [1.82, 2.24) is 9.78 Å². The summed E-state index contributed by atoms with van der Waals surface area (Å²) in [6, 6.07) is 18.0. The first-order valence-corrected chi connectivity index (χ1v) is 10.3. The molecule has 3 aromatic carbocycles. The van der Waals surface area contributed by atoms with Crippen LogP contribution < -0.4 is 4.74 Å². The van der Waals surface area contributed by atoms with Gasteiger partial charge in [0.2, 0.25) is 0 Å². The van der Waals surface area contributed by atoms with Crippen LogP contribution in [0.5, 0.6) is 5.75 Å². The summed E-state index contributed by atoms with van der Waals surface area (Å²) in [6.45, 7) is 0.0115. The molecule has 8 heteroatoms. The van der Waals surface area contributed by atoms with Gasteiger partial charge in [-0.25, -0.2) is 9.07 Å². The van der Waals surface area contributed by atoms with Gasteiger partial charge in [-0.3, -0.25) is 4.79 Å². The van der Waals surface area contributed by atoms with Gasteiger partial charge in [-0.1, -0.05) is 40.9 Å². The zero-order valence-corrected chi connectivity index (χ0v) is 18.1. The first kappa shape index (κ1) is 21.4. The SMILES string of the molecule is O=C(c1ccc(Cl)c(Cl)c1)n1ccc(-c2ccc(OCc3c(F)cccc3Cl)cc2)n1. The number of carbonyl (C=O) groups is 1. The van der Waals surface area contributed by atoms with Crippen LogP contribution in [0.2, 0.25) is 15.1 Å². The molecule has 4 nitrogen and oxygen atoms in total. The topological polar surface area (TPSA) is 44.1 Å². The maximum atomic E-state index is 13.9. The number of carbonyl (C=O) groups excluding carboxylic acids is 1. The first-order chi connectivity index (χ1) is 14.9. The van der Waals surface area contributed by atoms with Crippen molar-refractivity contribution in [2.24, 2.45) is 0 Å². The third-order valence-electron chi connectivity index (χ3n) is 4.56. The van der Waals surface area contributed by atoms with E-state index in [4.69, 9.17) is 39.5 Å². The third-order valence-corrected chi connectivity index (χ3v) is 5.65. The fourth-order valence-electron chi connectivity index (χ4n) is 2.90. The van der Waals surface area contributed by atoms with Crippen LogP contribution in [0.4, 0.5) is 4.39 Å². The number of ether oxygens (including phenoxy) is 1. The molecule has 1 aromatic heterocycles. The largest absolute Gasteiger partial charge is 0.489 e. The van der Waals surface area contributed by atoms with Crippen LogP contribution in [0.1, 0.15) is 15.9 Å². The predicted octanol–water partition coefficient (Wildman–Crippen LogP) is 6.92. The highest BCUT2D eigenvalue weighted by molar-refractivity contribution is 6.42. The maximum absolute atomic E-state index is 13.9. The Balaban J connectivity index is 1.47. The summed E-state index contributed by atoms with van der Waals surface area (Å²) in [5.74, 6) is -0.192. The quantitative estimate of drug-likeness (QED) is 0.315. The summed E-state index contributed by atoms with van der Waals surface area (Å²) in [7, 11) is 0. The van der Waals surface area contributed by atoms with Crippen LogP contribution in [0.15, 0.2) is 72.9 Å². The molecule has 31 heavy (non-hydrogen) atoms. The molecule has 0 bridgehead atoms. The van der Waals surface area contributed by atoms with E-state index < -0.39 is 5.82 Å². The molecule has 0 aliphatic carbocycles. The van der Waals surface area contributed by atoms with Crippen LogP contribution in [-0.2, 0) is 6.61 Å². The molecule has 0 atom stereocenters. The maximum Gasteiger partial charge on any atom is 0.278 e. The Hall–Kier alpha value is -2.86. The van der Waals surface area contributed by atoms with E-state index in [9.17, 15) is 9.18 Å². The van der Waals surface area contributed by atoms with Crippen molar-refractivity contribution in [3.63, 3.8) is 0 Å². The Bertz CT molecular complexity index is 1240. The lowest BCUT2D eigenvalue weighted by Crippen LogP contribution is -2.12. The van der Waals surface area contributed by atoms with Crippen molar-refractivity contribution < 1.29 is 13.9 Å². The van der Waals surface area contributed by atoms with Gasteiger partial charge in [-0.2, -0.15) is 5.10 Å². The third kappa shape index (κ3) is 4.74. The van der Waals surface area contributed by atoms with Crippen LogP contribution in [-0.4, -0.2) is 15.7 Å². The van der Waals surface area contributed by atoms with E-state index in [0.717, 1.165) is 5.56 Å². The molecule has 0 N–H and O–H groups in total. The normalized spacial score (nSPS) is 10.8. The molecule has 0 aliphatic rings. The molecule has 1 heterocycles. The predicted molar refractivity (Wildman–Crippen MR) is 120 cm³/mol. The van der Waals surface area contributed by atoms with Crippen molar-refractivity contribution in [2.75, 3.05) is 0 Å². The van der Waals surface area contributed by atoms with Crippen LogP contribution in [0.25, 0.3) is 11.3 Å². The summed E-state index contributed by atoms with van der Waals surface area (Å²) in [4.78, 5) is 12.6. The second-order valence-electron chi connectivity index (χ2n) is 6.59. The Morgan fingerprint density at radius 1 is 0.935 bits per heavy atom. The van der Waals surface area contributed by atoms with Crippen molar-refractivity contribution in [1.29, 1.82) is 0 Å². The van der Waals surface area contributed by atoms with Gasteiger partial charge in [0.05, 0.1) is 20.8 Å². The molecule has 0 unspecified atom stereocenters. The molecular weight excluding hydrogens is 462 g/mol. The van der Waals surface area contributed by atoms with Gasteiger partial charge in [-0.05, 0) is 60.7 Å². The highest BCUT2D eigenvalue weighted by Crippen LogP contribution is 2.25. The molecule has 0 saturated carbocycles. The molecule has 4 aromatic rings. The zero-order chi connectivity index (χ0) is 22.0. The zero-order valence-electron chi connectivity index (χ0n) is 15.9. The average Bonchev–Trinajstić information content (AvgIpc) is 3.25. The van der Waals surface area contributed by atoms with E-state index in [1.807, 2.05) is 0 Å². The highest BCUT2D eigenvalue weighted by atomic mass is 35.5. The molecule has 4 rings (SSSR count). The standard InChI is InChI=1S/C23H14Cl3FN2O2/c24-18-2-1-3-21(27)17(18)13-31-16-7-4-14(5-8-16)22-10-11-29(28-22)23(30)15-6-9-19(25)20(26)12-15/h1-12H,13H2. The number of nitrogens with zero attached hydrogens (tertiary/aromatic N) is 2. The minimum absolute atomic E-state index is 0.0115. The fraction of sp³-hybridized carbons (Fsp3) is 0.0435. The van der Waals surface area contributed by atoms with Gasteiger partial charge in [0, 0.05) is 22.9 Å². The van der Waals surface area contributed by atoms with Crippen LogP contribution in [0.3, 0.4) is 0 Å². The van der Waals surface area contributed by atoms with Gasteiger partial charge in [0.15, 0.2) is 0 Å². The van der Waals surface area contributed by atoms with Gasteiger partial charge in [0.1, 0.15) is 18.2 Å². The summed E-state index contributed by atoms with van der Waals surface area (Å²) >= 11 is 17.9. The highest BCUT2D eigenvalue weighted by Gasteiger charge is 2.13. The lowest BCUT2D eigenvalue weighted by atomic mass is 10.1. The van der Waals surface area contributed by atoms with E-state index >= 15 is 0 Å². The number of aromatic nitrogens is 2. The van der Waals surface area contributed by atoms with Crippen LogP contribution >= 0.6 is 34.8 Å². The van der Waals surface area contributed by atoms with Crippen molar-refractivity contribution in [2.45, 2.75) is 6.61 Å². The second-order valence-corrected chi connectivity index (χ2v) is 7.81. The van der Waals surface area contributed by atoms with Crippen LogP contribution in [0, 0.1) is 5.82 Å². The van der Waals surface area contributed by atoms with Crippen molar-refractivity contribution in [3.8, 4) is 17.0 Å². The number of rotatable bonds is 5. The molecule has 0 aliphatic heterocycles. The number of hydrogen-bond acceptors (Lipinski definition) is 3. The molecule has 0 fully saturated rings. The van der Waals surface area contributed by atoms with E-state index in [1.54, 1.807) is 60.8 Å². The average molecular weight is 476 g/mol. The summed E-state index contributed by atoms with van der Waals surface area (Å²) < 4.78 is 20.7. The minimum atomic E-state index is -0.415. The van der Waals surface area contributed by atoms with E-state index in [1.165, 1.54) is 16.8 Å². The summed E-state index contributed by atoms with van der Waals surface area (Å²) in [6.07, 6.45) is 1.57. The number of hydrogen-bond donors (Lipinski definition) is 0. The number of halogens is 4. The molecular formula is C23H14Cl3FN2O2. The lowest BCUT2D eigenvalue weighted by molar-refractivity contribution is 0.0945. The summed E-state index contributed by atoms with van der Waals surface area (Å²) in [5, 5.41) is 5.32. The van der Waals surface area contributed by atoms with Gasteiger partial charge >= 0.3 is 0 Å². The Kier molecular flexibility index (Phi) is 6.28. The van der Waals surface area contributed by atoms with Gasteiger partial charge in [-0.15, -0.1) is 0 Å². The van der Waals surface area contributed by atoms with E-state index in [-0.39, 0.29) is 12.5 Å². The monoisotopic (exact) mass is 474 g/mol. The molecule has 0 radical (unpaired) electrons. The minimum Gasteiger partial charge on any atom is -0.489 e. The van der Waals surface area contributed by atoms with E-state index in [2.05, 4.69) is 5.10 Å². The smallest absolute Gasteiger partial charge is 0.278 e. The fourth-order valence-corrected chi connectivity index (χ4v) is 3.42. The second kappa shape index (κ2) is 9.10. The first-order valence-electron chi connectivity index (χ1n) is 9.14. The molecule has 0 amide bonds. The summed E-state index contributed by atoms with van der Waals surface area (Å²) in [5.41, 5.74) is 2.07. The Morgan fingerprint density at radius 2 is 1.71 bits per heavy atom. The lowest BCUT2D eigenvalue weighted by Gasteiger charge is -2.09. The Labute approximate surface area is 192 Å². The van der Waals surface area contributed by atoms with Crippen molar-refractivity contribution in [3.05, 3.63) is 105 Å². The molecule has 0 spiro atoms. The van der Waals surface area contributed by atoms with Crippen molar-refractivity contribution >= 4 is 40.7 Å². The molecule has 0 saturated heterocycles. The van der Waals surface area contributed by atoms with Gasteiger partial charge in [0.25, 0.3) is 5.91 Å². The van der Waals surface area contributed by atoms with E-state index in [0.29, 0.717) is 37.6 Å². The molecule has 156 valence electrons. The van der Waals surface area contributed by atoms with Gasteiger partial charge < -0.3 is 4.74 Å².